The van der Waals surface area contributed by atoms with E-state index >= 15 is 0 Å². The second-order valence-corrected chi connectivity index (χ2v) is 6.05. The lowest BCUT2D eigenvalue weighted by molar-refractivity contribution is 0.101. The smallest absolute Gasteiger partial charge is 0.0576 e. The molecule has 0 saturated carbocycles. The van der Waals surface area contributed by atoms with Gasteiger partial charge in [-0.2, -0.15) is 0 Å². The van der Waals surface area contributed by atoms with Crippen LogP contribution < -0.4 is 5.73 Å². The Morgan fingerprint density at radius 3 is 2.95 bits per heavy atom. The lowest BCUT2D eigenvalue weighted by atomic mass is 9.97. The Hall–Kier alpha value is -0.860. The van der Waals surface area contributed by atoms with Crippen molar-refractivity contribution in [3.8, 4) is 0 Å². The summed E-state index contributed by atoms with van der Waals surface area (Å²) in [6.07, 6.45) is 10.2. The van der Waals surface area contributed by atoms with E-state index in [4.69, 9.17) is 10.5 Å². The third-order valence-electron chi connectivity index (χ3n) is 4.62. The minimum Gasteiger partial charge on any atom is -0.378 e. The number of benzene rings is 1. The van der Waals surface area contributed by atoms with Crippen molar-refractivity contribution < 1.29 is 4.74 Å². The van der Waals surface area contributed by atoms with E-state index < -0.39 is 0 Å². The summed E-state index contributed by atoms with van der Waals surface area (Å²) in [6, 6.07) is 7.07. The van der Waals surface area contributed by atoms with Crippen molar-refractivity contribution in [1.29, 1.82) is 0 Å². The number of nitrogens with two attached hydrogens (primary N) is 1. The Morgan fingerprint density at radius 2 is 2.11 bits per heavy atom. The van der Waals surface area contributed by atoms with Crippen LogP contribution in [0.15, 0.2) is 18.2 Å². The van der Waals surface area contributed by atoms with Crippen molar-refractivity contribution >= 4 is 0 Å². The van der Waals surface area contributed by atoms with E-state index in [9.17, 15) is 0 Å². The first-order chi connectivity index (χ1) is 9.33. The maximum atomic E-state index is 6.33. The Morgan fingerprint density at radius 1 is 1.21 bits per heavy atom. The molecule has 2 atom stereocenters. The Labute approximate surface area is 116 Å². The molecular formula is C17H25NO. The van der Waals surface area contributed by atoms with Gasteiger partial charge >= 0.3 is 0 Å². The van der Waals surface area contributed by atoms with Crippen LogP contribution in [-0.2, 0) is 17.6 Å². The molecule has 104 valence electrons. The van der Waals surface area contributed by atoms with Gasteiger partial charge in [-0.25, -0.2) is 0 Å². The van der Waals surface area contributed by atoms with Gasteiger partial charge in [-0.05, 0) is 68.1 Å². The van der Waals surface area contributed by atoms with Gasteiger partial charge in [0, 0.05) is 12.6 Å². The fourth-order valence-corrected chi connectivity index (χ4v) is 3.43. The molecule has 1 saturated heterocycles. The van der Waals surface area contributed by atoms with Gasteiger partial charge in [0.05, 0.1) is 6.10 Å². The van der Waals surface area contributed by atoms with Crippen LogP contribution in [0.1, 0.15) is 61.3 Å². The van der Waals surface area contributed by atoms with Gasteiger partial charge in [0.15, 0.2) is 0 Å². The van der Waals surface area contributed by atoms with Crippen molar-refractivity contribution in [2.24, 2.45) is 5.73 Å². The van der Waals surface area contributed by atoms with Crippen LogP contribution in [-0.4, -0.2) is 12.7 Å². The molecule has 2 unspecified atom stereocenters. The number of aryl methyl sites for hydroxylation is 2. The van der Waals surface area contributed by atoms with Crippen LogP contribution in [0.3, 0.4) is 0 Å². The Balaban J connectivity index is 1.50. The summed E-state index contributed by atoms with van der Waals surface area (Å²) in [5.41, 5.74) is 10.7. The molecule has 0 amide bonds. The average Bonchev–Trinajstić information content (AvgIpc) is 3.08. The summed E-state index contributed by atoms with van der Waals surface area (Å²) in [7, 11) is 0. The van der Waals surface area contributed by atoms with E-state index in [1.54, 1.807) is 0 Å². The van der Waals surface area contributed by atoms with Gasteiger partial charge in [0.2, 0.25) is 0 Å². The molecule has 1 aromatic carbocycles. The van der Waals surface area contributed by atoms with Gasteiger partial charge in [-0.3, -0.25) is 0 Å². The molecule has 2 N–H and O–H groups in total. The first-order valence-electron chi connectivity index (χ1n) is 7.82. The highest BCUT2D eigenvalue weighted by Gasteiger charge is 2.17. The molecule has 1 heterocycles. The molecule has 0 aromatic heterocycles. The monoisotopic (exact) mass is 259 g/mol. The fraction of sp³-hybridized carbons (Fsp3) is 0.647. The number of fused-ring (bicyclic) bond motifs is 1. The predicted molar refractivity (Wildman–Crippen MR) is 78.2 cm³/mol. The van der Waals surface area contributed by atoms with E-state index in [2.05, 4.69) is 18.2 Å². The zero-order valence-corrected chi connectivity index (χ0v) is 11.7. The van der Waals surface area contributed by atoms with E-state index in [1.165, 1.54) is 61.6 Å². The minimum atomic E-state index is 0.201. The van der Waals surface area contributed by atoms with Crippen molar-refractivity contribution in [3.63, 3.8) is 0 Å². The average molecular weight is 259 g/mol. The number of hydrogen-bond acceptors (Lipinski definition) is 2. The van der Waals surface area contributed by atoms with Crippen LogP contribution in [0.5, 0.6) is 0 Å². The molecule has 2 nitrogen and oxygen atoms in total. The molecule has 0 bridgehead atoms. The lowest BCUT2D eigenvalue weighted by Crippen LogP contribution is -2.12. The van der Waals surface area contributed by atoms with E-state index in [0.29, 0.717) is 6.10 Å². The lowest BCUT2D eigenvalue weighted by Gasteiger charge is -2.15. The number of ether oxygens (including phenoxy) is 1. The standard InChI is InChI=1S/C17H25NO/c18-17(8-2-6-16-7-3-11-19-16)15-10-9-13-4-1-5-14(13)12-15/h9-10,12,16-17H,1-8,11,18H2. The number of rotatable bonds is 5. The van der Waals surface area contributed by atoms with Gasteiger partial charge in [-0.15, -0.1) is 0 Å². The van der Waals surface area contributed by atoms with Crippen LogP contribution in [0.2, 0.25) is 0 Å². The Bertz CT molecular complexity index is 423. The SMILES string of the molecule is NC(CCCC1CCCO1)c1ccc2c(c1)CCC2. The highest BCUT2D eigenvalue weighted by molar-refractivity contribution is 5.36. The molecule has 1 aliphatic carbocycles. The highest BCUT2D eigenvalue weighted by atomic mass is 16.5. The zero-order valence-electron chi connectivity index (χ0n) is 11.7. The maximum Gasteiger partial charge on any atom is 0.0576 e. The molecule has 0 radical (unpaired) electrons. The van der Waals surface area contributed by atoms with Gasteiger partial charge in [-0.1, -0.05) is 18.2 Å². The molecule has 0 spiro atoms. The topological polar surface area (TPSA) is 35.2 Å². The van der Waals surface area contributed by atoms with E-state index in [0.717, 1.165) is 13.0 Å². The quantitative estimate of drug-likeness (QED) is 0.878. The van der Waals surface area contributed by atoms with Crippen LogP contribution in [0, 0.1) is 0 Å². The summed E-state index contributed by atoms with van der Waals surface area (Å²) < 4.78 is 5.66. The number of hydrogen-bond donors (Lipinski definition) is 1. The molecule has 1 aromatic rings. The first kappa shape index (κ1) is 13.1. The van der Waals surface area contributed by atoms with Crippen molar-refractivity contribution in [3.05, 3.63) is 34.9 Å². The summed E-state index contributed by atoms with van der Waals surface area (Å²) >= 11 is 0. The predicted octanol–water partition coefficient (Wildman–Crippen LogP) is 3.52. The van der Waals surface area contributed by atoms with E-state index in [-0.39, 0.29) is 6.04 Å². The maximum absolute atomic E-state index is 6.33. The van der Waals surface area contributed by atoms with Gasteiger partial charge in [0.25, 0.3) is 0 Å². The van der Waals surface area contributed by atoms with Gasteiger partial charge in [0.1, 0.15) is 0 Å². The third kappa shape index (κ3) is 3.18. The normalized spacial score (nSPS) is 23.5. The summed E-state index contributed by atoms with van der Waals surface area (Å²) in [5.74, 6) is 0. The molecule has 3 rings (SSSR count). The second-order valence-electron chi connectivity index (χ2n) is 6.05. The molecule has 2 aliphatic rings. The fourth-order valence-electron chi connectivity index (χ4n) is 3.43. The minimum absolute atomic E-state index is 0.201. The van der Waals surface area contributed by atoms with Gasteiger partial charge < -0.3 is 10.5 Å². The third-order valence-corrected chi connectivity index (χ3v) is 4.62. The van der Waals surface area contributed by atoms with Crippen molar-refractivity contribution in [2.75, 3.05) is 6.61 Å². The molecule has 2 heteroatoms. The summed E-state index contributed by atoms with van der Waals surface area (Å²) in [6.45, 7) is 0.960. The summed E-state index contributed by atoms with van der Waals surface area (Å²) in [4.78, 5) is 0. The van der Waals surface area contributed by atoms with Crippen LogP contribution in [0.25, 0.3) is 0 Å². The van der Waals surface area contributed by atoms with Crippen LogP contribution in [0.4, 0.5) is 0 Å². The molecule has 1 fully saturated rings. The summed E-state index contributed by atoms with van der Waals surface area (Å²) in [5, 5.41) is 0. The first-order valence-corrected chi connectivity index (χ1v) is 7.82. The van der Waals surface area contributed by atoms with E-state index in [1.807, 2.05) is 0 Å². The Kier molecular flexibility index (Phi) is 4.19. The second kappa shape index (κ2) is 6.06. The van der Waals surface area contributed by atoms with Crippen LogP contribution >= 0.6 is 0 Å². The molecular weight excluding hydrogens is 234 g/mol. The molecule has 19 heavy (non-hydrogen) atoms. The molecule has 1 aliphatic heterocycles. The van der Waals surface area contributed by atoms with Crippen molar-refractivity contribution in [1.82, 2.24) is 0 Å². The highest BCUT2D eigenvalue weighted by Crippen LogP contribution is 2.27. The zero-order chi connectivity index (χ0) is 13.1. The largest absolute Gasteiger partial charge is 0.378 e. The van der Waals surface area contributed by atoms with Crippen molar-refractivity contribution in [2.45, 2.75) is 63.5 Å².